The predicted octanol–water partition coefficient (Wildman–Crippen LogP) is 10.9. The fourth-order valence-corrected chi connectivity index (χ4v) is 7.20. The van der Waals surface area contributed by atoms with E-state index in [2.05, 4.69) is 119 Å². The Labute approximate surface area is 267 Å². The van der Waals surface area contributed by atoms with E-state index in [4.69, 9.17) is 5.41 Å². The number of aromatic nitrogens is 1. The Morgan fingerprint density at radius 3 is 1.67 bits per heavy atom. The van der Waals surface area contributed by atoms with Gasteiger partial charge in [0.25, 0.3) is 0 Å². The lowest BCUT2D eigenvalue weighted by atomic mass is 9.85. The third-order valence-electron chi connectivity index (χ3n) is 9.22. The molecule has 7 aromatic carbocycles. The Bertz CT molecular complexity index is 2500. The van der Waals surface area contributed by atoms with Gasteiger partial charge in [-0.3, -0.25) is 10.1 Å². The quantitative estimate of drug-likeness (QED) is 0.153. The molecule has 1 aliphatic rings. The van der Waals surface area contributed by atoms with Crippen LogP contribution >= 0.6 is 0 Å². The van der Waals surface area contributed by atoms with Crippen molar-refractivity contribution in [3.05, 3.63) is 175 Å². The monoisotopic (exact) mass is 587 g/mol. The Kier molecular flexibility index (Phi) is 5.97. The van der Waals surface area contributed by atoms with Crippen LogP contribution in [0.3, 0.4) is 0 Å². The first-order chi connectivity index (χ1) is 22.8. The second-order valence-corrected chi connectivity index (χ2v) is 11.8. The fraction of sp³-hybridized carbons (Fsp3) is 0. The molecular weight excluding hydrogens is 558 g/mol. The molecular formula is C43H29N3. The van der Waals surface area contributed by atoms with Gasteiger partial charge in [0.05, 0.1) is 16.9 Å². The minimum Gasteiger partial charge on any atom is -0.300 e. The number of nitrogens with zero attached hydrogens (tertiary/aromatic N) is 1. The average molecular weight is 588 g/mol. The van der Waals surface area contributed by atoms with Crippen LogP contribution in [0.1, 0.15) is 11.1 Å². The predicted molar refractivity (Wildman–Crippen MR) is 194 cm³/mol. The van der Waals surface area contributed by atoms with Crippen molar-refractivity contribution in [3.8, 4) is 33.4 Å². The van der Waals surface area contributed by atoms with Gasteiger partial charge in [-0.1, -0.05) is 146 Å². The third-order valence-corrected chi connectivity index (χ3v) is 9.22. The normalized spacial score (nSPS) is 12.1. The maximum atomic E-state index is 8.95. The van der Waals surface area contributed by atoms with Crippen molar-refractivity contribution < 1.29 is 0 Å². The molecule has 0 radical (unpaired) electrons. The van der Waals surface area contributed by atoms with Crippen LogP contribution < -0.4 is 5.43 Å². The van der Waals surface area contributed by atoms with Crippen molar-refractivity contribution in [2.75, 3.05) is 5.43 Å². The summed E-state index contributed by atoms with van der Waals surface area (Å²) in [4.78, 5) is 0. The molecule has 0 unspecified atom stereocenters. The van der Waals surface area contributed by atoms with Gasteiger partial charge in [0, 0.05) is 17.1 Å². The van der Waals surface area contributed by atoms with E-state index in [1.165, 1.54) is 60.3 Å². The van der Waals surface area contributed by atoms with Gasteiger partial charge in [0.2, 0.25) is 0 Å². The maximum Gasteiger partial charge on any atom is 0.0709 e. The van der Waals surface area contributed by atoms with Crippen molar-refractivity contribution in [3.63, 3.8) is 0 Å². The topological polar surface area (TPSA) is 40.8 Å². The SMILES string of the molecule is N=C(/C=C(\Nn1cc2c3c(cccc31)-c1c(c3ccccc3c3ccccc13)-c1ccccc1-2)c1ccccc1)c1ccccc1. The molecule has 9 rings (SSSR count). The van der Waals surface area contributed by atoms with E-state index in [0.29, 0.717) is 5.71 Å². The molecule has 3 heteroatoms. The zero-order chi connectivity index (χ0) is 30.6. The van der Waals surface area contributed by atoms with E-state index in [1.54, 1.807) is 0 Å². The number of benzene rings is 7. The van der Waals surface area contributed by atoms with E-state index >= 15 is 0 Å². The first-order valence-corrected chi connectivity index (χ1v) is 15.6. The van der Waals surface area contributed by atoms with Crippen LogP contribution in [0.5, 0.6) is 0 Å². The van der Waals surface area contributed by atoms with Gasteiger partial charge in [0.1, 0.15) is 0 Å². The highest BCUT2D eigenvalue weighted by Crippen LogP contribution is 2.53. The van der Waals surface area contributed by atoms with Gasteiger partial charge in [-0.25, -0.2) is 0 Å². The van der Waals surface area contributed by atoms with Crippen molar-refractivity contribution in [2.45, 2.75) is 0 Å². The van der Waals surface area contributed by atoms with E-state index in [1.807, 2.05) is 54.6 Å². The molecule has 0 amide bonds. The summed E-state index contributed by atoms with van der Waals surface area (Å²) in [5, 5.41) is 15.2. The second kappa shape index (κ2) is 10.5. The van der Waals surface area contributed by atoms with E-state index in [0.717, 1.165) is 22.3 Å². The number of rotatable bonds is 5. The molecule has 1 heterocycles. The average Bonchev–Trinajstić information content (AvgIpc) is 3.44. The minimum atomic E-state index is 0.447. The highest BCUT2D eigenvalue weighted by atomic mass is 15.4. The van der Waals surface area contributed by atoms with Crippen LogP contribution in [-0.4, -0.2) is 10.4 Å². The third kappa shape index (κ3) is 4.03. The lowest BCUT2D eigenvalue weighted by Gasteiger charge is -2.19. The Balaban J connectivity index is 1.33. The van der Waals surface area contributed by atoms with Crippen molar-refractivity contribution in [1.29, 1.82) is 5.41 Å². The van der Waals surface area contributed by atoms with Gasteiger partial charge in [-0.15, -0.1) is 0 Å². The van der Waals surface area contributed by atoms with E-state index in [9.17, 15) is 0 Å². The lowest BCUT2D eigenvalue weighted by molar-refractivity contribution is 1.02. The molecule has 0 aliphatic heterocycles. The standard InChI is InChI=1S/C43H29N3/c44-38(28-14-3-1-4-15-28)26-39(29-16-5-2-6-17-29)45-46-27-37-32-20-9-12-23-35(32)42-33-21-10-7-18-30(33)31-19-8-11-22-34(31)43(42)36-24-13-25-40(46)41(36)37/h1-27,44-45H/b39-26-,44-38?. The lowest BCUT2D eigenvalue weighted by Crippen LogP contribution is -2.14. The van der Waals surface area contributed by atoms with Gasteiger partial charge < -0.3 is 5.41 Å². The summed E-state index contributed by atoms with van der Waals surface area (Å²) >= 11 is 0. The van der Waals surface area contributed by atoms with Gasteiger partial charge >= 0.3 is 0 Å². The molecule has 0 atom stereocenters. The van der Waals surface area contributed by atoms with Crippen molar-refractivity contribution >= 4 is 43.9 Å². The molecule has 2 N–H and O–H groups in total. The van der Waals surface area contributed by atoms with Gasteiger partial charge in [-0.05, 0) is 72.6 Å². The molecule has 8 aromatic rings. The van der Waals surface area contributed by atoms with Crippen LogP contribution in [0.15, 0.2) is 164 Å². The Morgan fingerprint density at radius 1 is 0.478 bits per heavy atom. The largest absolute Gasteiger partial charge is 0.300 e. The summed E-state index contributed by atoms with van der Waals surface area (Å²) in [6.07, 6.45) is 4.15. The van der Waals surface area contributed by atoms with Crippen molar-refractivity contribution in [1.82, 2.24) is 4.68 Å². The number of hydrogen-bond acceptors (Lipinski definition) is 2. The Hall–Kier alpha value is -6.19. The molecule has 0 bridgehead atoms. The van der Waals surface area contributed by atoms with Crippen LogP contribution in [0.4, 0.5) is 0 Å². The maximum absolute atomic E-state index is 8.95. The van der Waals surface area contributed by atoms with Crippen LogP contribution in [0.25, 0.3) is 71.5 Å². The van der Waals surface area contributed by atoms with Crippen molar-refractivity contribution in [2.24, 2.45) is 0 Å². The van der Waals surface area contributed by atoms with Crippen LogP contribution in [-0.2, 0) is 0 Å². The highest BCUT2D eigenvalue weighted by molar-refractivity contribution is 6.27. The molecule has 1 aromatic heterocycles. The summed E-state index contributed by atoms with van der Waals surface area (Å²) in [5.41, 5.74) is 15.4. The number of nitrogens with one attached hydrogen (secondary N) is 2. The zero-order valence-corrected chi connectivity index (χ0v) is 25.0. The molecule has 3 nitrogen and oxygen atoms in total. The first-order valence-electron chi connectivity index (χ1n) is 15.6. The smallest absolute Gasteiger partial charge is 0.0709 e. The zero-order valence-electron chi connectivity index (χ0n) is 25.0. The van der Waals surface area contributed by atoms with Gasteiger partial charge in [-0.2, -0.15) is 0 Å². The first kappa shape index (κ1) is 26.2. The molecule has 0 fully saturated rings. The molecule has 216 valence electrons. The number of fused-ring (bicyclic) bond motifs is 10. The van der Waals surface area contributed by atoms with Crippen LogP contribution in [0, 0.1) is 5.41 Å². The molecule has 0 saturated carbocycles. The molecule has 0 saturated heterocycles. The molecule has 0 spiro atoms. The van der Waals surface area contributed by atoms with E-state index in [-0.39, 0.29) is 0 Å². The fourth-order valence-electron chi connectivity index (χ4n) is 7.20. The summed E-state index contributed by atoms with van der Waals surface area (Å²) in [7, 11) is 0. The number of hydrogen-bond donors (Lipinski definition) is 2. The minimum absolute atomic E-state index is 0.447. The van der Waals surface area contributed by atoms with E-state index < -0.39 is 0 Å². The number of allylic oxidation sites excluding steroid dienone is 1. The summed E-state index contributed by atoms with van der Waals surface area (Å²) < 4.78 is 2.14. The summed E-state index contributed by atoms with van der Waals surface area (Å²) in [5.74, 6) is 0. The van der Waals surface area contributed by atoms with Gasteiger partial charge in [0.15, 0.2) is 0 Å². The summed E-state index contributed by atoms with van der Waals surface area (Å²) in [6.45, 7) is 0. The van der Waals surface area contributed by atoms with Crippen LogP contribution in [0.2, 0.25) is 0 Å². The highest BCUT2D eigenvalue weighted by Gasteiger charge is 2.27. The Morgan fingerprint density at radius 2 is 1.00 bits per heavy atom. The second-order valence-electron chi connectivity index (χ2n) is 11.8. The molecule has 1 aliphatic carbocycles. The summed E-state index contributed by atoms with van der Waals surface area (Å²) in [6, 6.07) is 53.2. The molecule has 46 heavy (non-hydrogen) atoms.